The molecule has 0 fully saturated rings. The van der Waals surface area contributed by atoms with Gasteiger partial charge >= 0.3 is 0 Å². The van der Waals surface area contributed by atoms with E-state index in [0.29, 0.717) is 11.5 Å². The molecule has 66 valence electrons. The van der Waals surface area contributed by atoms with Gasteiger partial charge in [0.25, 0.3) is 5.75 Å². The van der Waals surface area contributed by atoms with Gasteiger partial charge in [-0.05, 0) is 27.7 Å². The lowest BCUT2D eigenvalue weighted by Gasteiger charge is -2.09. The average Bonchev–Trinajstić information content (AvgIpc) is 2.08. The number of benzene rings is 1. The van der Waals surface area contributed by atoms with Crippen molar-refractivity contribution < 1.29 is 10.2 Å². The molecule has 0 aromatic heterocycles. The first-order valence-corrected chi connectivity index (χ1v) is 3.97. The molecule has 0 spiro atoms. The Kier molecular flexibility index (Phi) is 2.01. The van der Waals surface area contributed by atoms with Gasteiger partial charge in [0, 0.05) is 11.1 Å². The van der Waals surface area contributed by atoms with E-state index in [1.54, 1.807) is 0 Å². The molecule has 0 unspecified atom stereocenters. The minimum absolute atomic E-state index is 0.334. The van der Waals surface area contributed by atoms with Gasteiger partial charge in [0.1, 0.15) is 5.75 Å². The van der Waals surface area contributed by atoms with Crippen molar-refractivity contribution in [3.8, 4) is 11.5 Å². The third-order valence-corrected chi connectivity index (χ3v) is 2.59. The lowest BCUT2D eigenvalue weighted by molar-refractivity contribution is 0.446. The number of phenols is 1. The molecule has 12 heavy (non-hydrogen) atoms. The predicted octanol–water partition coefficient (Wildman–Crippen LogP) is 2.06. The minimum Gasteiger partial charge on any atom is -0.593 e. The van der Waals surface area contributed by atoms with E-state index in [1.807, 2.05) is 27.7 Å². The van der Waals surface area contributed by atoms with Crippen molar-refractivity contribution >= 4 is 0 Å². The lowest BCUT2D eigenvalue weighted by Crippen LogP contribution is -1.91. The van der Waals surface area contributed by atoms with Gasteiger partial charge in [-0.1, -0.05) is 0 Å². The Bertz CT molecular complexity index is 222. The van der Waals surface area contributed by atoms with E-state index in [1.165, 1.54) is 0 Å². The Morgan fingerprint density at radius 1 is 0.833 bits per heavy atom. The highest BCUT2D eigenvalue weighted by Gasteiger charge is 2.15. The topological polar surface area (TPSA) is 43.1 Å². The molecular formula is C10H15O2+. The molecule has 2 nitrogen and oxygen atoms in total. The summed E-state index contributed by atoms with van der Waals surface area (Å²) in [6.45, 7) is 7.41. The Morgan fingerprint density at radius 3 is 1.50 bits per heavy atom. The van der Waals surface area contributed by atoms with E-state index in [4.69, 9.17) is 5.11 Å². The van der Waals surface area contributed by atoms with Gasteiger partial charge in [-0.15, -0.1) is 0 Å². The minimum atomic E-state index is 0.334. The van der Waals surface area contributed by atoms with E-state index in [-0.39, 0.29) is 0 Å². The highest BCUT2D eigenvalue weighted by atomic mass is 16.3. The van der Waals surface area contributed by atoms with E-state index in [9.17, 15) is 5.11 Å². The normalized spacial score (nSPS) is 10.3. The molecule has 0 atom stereocenters. The second-order valence-corrected chi connectivity index (χ2v) is 3.22. The fourth-order valence-corrected chi connectivity index (χ4v) is 1.29. The summed E-state index contributed by atoms with van der Waals surface area (Å²) in [6, 6.07) is 0. The van der Waals surface area contributed by atoms with Crippen molar-refractivity contribution in [2.75, 3.05) is 0 Å². The Morgan fingerprint density at radius 2 is 1.17 bits per heavy atom. The number of hydrogen-bond donors (Lipinski definition) is 1. The molecule has 0 heterocycles. The van der Waals surface area contributed by atoms with Crippen LogP contribution < -0.4 is 0 Å². The molecule has 0 saturated carbocycles. The standard InChI is InChI=1S/C10H14O2/c1-5-6(2)10(12)8(4)7(3)9(5)11/h11-12H,1-4H3/p+1. The van der Waals surface area contributed by atoms with Crippen LogP contribution in [0.2, 0.25) is 0 Å². The smallest absolute Gasteiger partial charge is 0.260 e. The number of rotatable bonds is 0. The summed E-state index contributed by atoms with van der Waals surface area (Å²) in [5, 5.41) is 17.3. The van der Waals surface area contributed by atoms with Crippen LogP contribution in [0.25, 0.3) is 0 Å². The van der Waals surface area contributed by atoms with Crippen LogP contribution in [0.1, 0.15) is 22.3 Å². The molecule has 0 bridgehead atoms. The summed E-state index contributed by atoms with van der Waals surface area (Å²) < 4.78 is 0. The second-order valence-electron chi connectivity index (χ2n) is 3.22. The molecule has 1 aromatic rings. The first-order chi connectivity index (χ1) is 5.46. The van der Waals surface area contributed by atoms with Crippen LogP contribution in [0.5, 0.6) is 11.5 Å². The van der Waals surface area contributed by atoms with Crippen LogP contribution in [0.4, 0.5) is 0 Å². The Hall–Kier alpha value is -1.18. The van der Waals surface area contributed by atoms with Crippen LogP contribution in [0, 0.1) is 27.7 Å². The molecule has 0 aliphatic rings. The molecule has 0 amide bonds. The van der Waals surface area contributed by atoms with Crippen LogP contribution >= 0.6 is 0 Å². The maximum atomic E-state index is 9.61. The van der Waals surface area contributed by atoms with Gasteiger partial charge in [0.15, 0.2) is 0 Å². The van der Waals surface area contributed by atoms with Crippen molar-refractivity contribution in [2.45, 2.75) is 27.7 Å². The van der Waals surface area contributed by atoms with Gasteiger partial charge in [0.05, 0.1) is 11.1 Å². The molecule has 1 rings (SSSR count). The summed E-state index contributed by atoms with van der Waals surface area (Å²) in [6.07, 6.45) is 0. The maximum Gasteiger partial charge on any atom is 0.260 e. The van der Waals surface area contributed by atoms with Gasteiger partial charge in [-0.3, -0.25) is 0 Å². The Labute approximate surface area is 72.5 Å². The summed E-state index contributed by atoms with van der Waals surface area (Å²) in [4.78, 5) is 0. The van der Waals surface area contributed by atoms with Crippen LogP contribution in [-0.2, 0) is 0 Å². The van der Waals surface area contributed by atoms with Crippen molar-refractivity contribution in [1.82, 2.24) is 0 Å². The molecule has 0 aliphatic carbocycles. The molecule has 0 radical (unpaired) electrons. The zero-order valence-corrected chi connectivity index (χ0v) is 7.95. The Balaban J connectivity index is 3.60. The van der Waals surface area contributed by atoms with E-state index in [0.717, 1.165) is 22.3 Å². The SMILES string of the molecule is Cc1c(C)c([OH2+])c(C)c(C)c1O. The van der Waals surface area contributed by atoms with Crippen LogP contribution in [0.3, 0.4) is 0 Å². The zero-order chi connectivity index (χ0) is 9.46. The van der Waals surface area contributed by atoms with Crippen molar-refractivity contribution in [1.29, 1.82) is 0 Å². The highest BCUT2D eigenvalue weighted by molar-refractivity contribution is 5.55. The van der Waals surface area contributed by atoms with Crippen molar-refractivity contribution in [2.24, 2.45) is 0 Å². The van der Waals surface area contributed by atoms with Gasteiger partial charge in [0.2, 0.25) is 0 Å². The van der Waals surface area contributed by atoms with Crippen molar-refractivity contribution in [3.05, 3.63) is 22.3 Å². The number of hydrogen-bond acceptors (Lipinski definition) is 1. The third-order valence-electron chi connectivity index (χ3n) is 2.59. The van der Waals surface area contributed by atoms with Crippen LogP contribution in [-0.4, -0.2) is 10.2 Å². The van der Waals surface area contributed by atoms with Gasteiger partial charge in [-0.25, -0.2) is 0 Å². The molecule has 0 saturated heterocycles. The monoisotopic (exact) mass is 167 g/mol. The highest BCUT2D eigenvalue weighted by Crippen LogP contribution is 2.35. The number of aromatic hydroxyl groups is 1. The molecule has 1 aromatic carbocycles. The number of phenolic OH excluding ortho intramolecular Hbond substituents is 1. The first-order valence-electron chi connectivity index (χ1n) is 3.97. The molecule has 0 aliphatic heterocycles. The van der Waals surface area contributed by atoms with Crippen LogP contribution in [0.15, 0.2) is 0 Å². The zero-order valence-electron chi connectivity index (χ0n) is 7.95. The first kappa shape index (κ1) is 8.91. The van der Waals surface area contributed by atoms with E-state index < -0.39 is 0 Å². The second kappa shape index (κ2) is 2.70. The van der Waals surface area contributed by atoms with E-state index >= 15 is 0 Å². The van der Waals surface area contributed by atoms with E-state index in [2.05, 4.69) is 0 Å². The largest absolute Gasteiger partial charge is 0.593 e. The molecular weight excluding hydrogens is 152 g/mol. The van der Waals surface area contributed by atoms with Crippen molar-refractivity contribution in [3.63, 3.8) is 0 Å². The fourth-order valence-electron chi connectivity index (χ4n) is 1.29. The van der Waals surface area contributed by atoms with Gasteiger partial charge < -0.3 is 10.2 Å². The summed E-state index contributed by atoms with van der Waals surface area (Å²) in [5.41, 5.74) is 3.39. The summed E-state index contributed by atoms with van der Waals surface area (Å²) in [5.74, 6) is 0.879. The summed E-state index contributed by atoms with van der Waals surface area (Å²) in [7, 11) is 0. The third kappa shape index (κ3) is 1.04. The lowest BCUT2D eigenvalue weighted by atomic mass is 9.99. The fraction of sp³-hybridized carbons (Fsp3) is 0.400. The molecule has 3 N–H and O–H groups in total. The molecule has 2 heteroatoms. The predicted molar refractivity (Wildman–Crippen MR) is 50.1 cm³/mol. The summed E-state index contributed by atoms with van der Waals surface area (Å²) >= 11 is 0. The maximum absolute atomic E-state index is 9.61. The van der Waals surface area contributed by atoms with Gasteiger partial charge in [-0.2, -0.15) is 0 Å². The average molecular weight is 167 g/mol. The quantitative estimate of drug-likeness (QED) is 0.590.